The van der Waals surface area contributed by atoms with Gasteiger partial charge >= 0.3 is 6.03 Å². The summed E-state index contributed by atoms with van der Waals surface area (Å²) in [6, 6.07) is 11.7. The lowest BCUT2D eigenvalue weighted by Gasteiger charge is -2.25. The van der Waals surface area contributed by atoms with Gasteiger partial charge < -0.3 is 15.7 Å². The first-order valence-electron chi connectivity index (χ1n) is 7.26. The van der Waals surface area contributed by atoms with Crippen molar-refractivity contribution in [3.05, 3.63) is 58.3 Å². The number of aliphatic hydroxyl groups is 1. The Morgan fingerprint density at radius 3 is 2.59 bits per heavy atom. The lowest BCUT2D eigenvalue weighted by atomic mass is 9.85. The van der Waals surface area contributed by atoms with Gasteiger partial charge in [0.1, 0.15) is 0 Å². The number of benzene rings is 1. The third-order valence-corrected chi connectivity index (χ3v) is 4.33. The summed E-state index contributed by atoms with van der Waals surface area (Å²) >= 11 is 1.53. The second-order valence-electron chi connectivity index (χ2n) is 5.89. The summed E-state index contributed by atoms with van der Waals surface area (Å²) in [6.45, 7) is 4.90. The Bertz CT molecular complexity index is 582. The molecule has 0 bridgehead atoms. The van der Waals surface area contributed by atoms with E-state index < -0.39 is 6.10 Å². The van der Waals surface area contributed by atoms with Crippen molar-refractivity contribution in [3.8, 4) is 0 Å². The molecule has 5 heteroatoms. The fraction of sp³-hybridized carbons (Fsp3) is 0.353. The van der Waals surface area contributed by atoms with E-state index in [4.69, 9.17) is 0 Å². The highest BCUT2D eigenvalue weighted by Gasteiger charge is 2.21. The molecule has 0 aliphatic carbocycles. The Morgan fingerprint density at radius 1 is 1.23 bits per heavy atom. The number of rotatable bonds is 6. The van der Waals surface area contributed by atoms with Crippen LogP contribution in [-0.2, 0) is 5.41 Å². The molecule has 0 aliphatic heterocycles. The molecule has 118 valence electrons. The smallest absolute Gasteiger partial charge is 0.314 e. The van der Waals surface area contributed by atoms with E-state index in [-0.39, 0.29) is 18.0 Å². The predicted octanol–water partition coefficient (Wildman–Crippen LogP) is 3.06. The van der Waals surface area contributed by atoms with Gasteiger partial charge in [-0.15, -0.1) is 0 Å². The molecular formula is C17H22N2O2S. The predicted molar refractivity (Wildman–Crippen MR) is 90.1 cm³/mol. The Hall–Kier alpha value is -1.85. The van der Waals surface area contributed by atoms with Crippen LogP contribution in [-0.4, -0.2) is 24.2 Å². The SMILES string of the molecule is CC(C)(CNC(=O)NCC(O)c1ccsc1)c1ccccc1. The van der Waals surface area contributed by atoms with Gasteiger partial charge in [0.15, 0.2) is 0 Å². The molecule has 3 N–H and O–H groups in total. The molecule has 1 atom stereocenters. The number of carbonyl (C=O) groups is 1. The van der Waals surface area contributed by atoms with Gasteiger partial charge in [0, 0.05) is 18.5 Å². The van der Waals surface area contributed by atoms with Crippen molar-refractivity contribution in [2.24, 2.45) is 0 Å². The highest BCUT2D eigenvalue weighted by atomic mass is 32.1. The van der Waals surface area contributed by atoms with E-state index in [9.17, 15) is 9.90 Å². The molecule has 4 nitrogen and oxygen atoms in total. The summed E-state index contributed by atoms with van der Waals surface area (Å²) in [5.41, 5.74) is 1.86. The Labute approximate surface area is 135 Å². The molecule has 2 amide bonds. The zero-order valence-corrected chi connectivity index (χ0v) is 13.7. The van der Waals surface area contributed by atoms with Crippen LogP contribution < -0.4 is 10.6 Å². The van der Waals surface area contributed by atoms with E-state index in [1.54, 1.807) is 0 Å². The number of amides is 2. The van der Waals surface area contributed by atoms with Gasteiger partial charge in [-0.25, -0.2) is 4.79 Å². The molecule has 0 aliphatic rings. The van der Waals surface area contributed by atoms with Crippen molar-refractivity contribution in [3.63, 3.8) is 0 Å². The van der Waals surface area contributed by atoms with Crippen molar-refractivity contribution >= 4 is 17.4 Å². The number of hydrogen-bond donors (Lipinski definition) is 3. The van der Waals surface area contributed by atoms with Crippen LogP contribution in [0.5, 0.6) is 0 Å². The Morgan fingerprint density at radius 2 is 1.95 bits per heavy atom. The first-order valence-corrected chi connectivity index (χ1v) is 8.21. The summed E-state index contributed by atoms with van der Waals surface area (Å²) in [5.74, 6) is 0. The van der Waals surface area contributed by atoms with Gasteiger partial charge in [0.25, 0.3) is 0 Å². The number of carbonyl (C=O) groups excluding carboxylic acids is 1. The largest absolute Gasteiger partial charge is 0.387 e. The third-order valence-electron chi connectivity index (χ3n) is 3.63. The Kier molecular flexibility index (Phi) is 5.57. The number of urea groups is 1. The maximum atomic E-state index is 11.9. The van der Waals surface area contributed by atoms with E-state index >= 15 is 0 Å². The minimum absolute atomic E-state index is 0.148. The molecule has 1 aromatic carbocycles. The van der Waals surface area contributed by atoms with Crippen molar-refractivity contribution < 1.29 is 9.90 Å². The highest BCUT2D eigenvalue weighted by Crippen LogP contribution is 2.21. The van der Waals surface area contributed by atoms with Crippen molar-refractivity contribution in [2.45, 2.75) is 25.4 Å². The summed E-state index contributed by atoms with van der Waals surface area (Å²) in [5, 5.41) is 19.3. The normalized spacial score (nSPS) is 12.7. The van der Waals surface area contributed by atoms with Crippen LogP contribution >= 0.6 is 11.3 Å². The van der Waals surface area contributed by atoms with Crippen LogP contribution in [0.3, 0.4) is 0 Å². The molecule has 2 aromatic rings. The van der Waals surface area contributed by atoms with Gasteiger partial charge in [0.2, 0.25) is 0 Å². The zero-order chi connectivity index (χ0) is 16.0. The van der Waals surface area contributed by atoms with Crippen LogP contribution in [0.25, 0.3) is 0 Å². The van der Waals surface area contributed by atoms with Gasteiger partial charge in [-0.1, -0.05) is 44.2 Å². The average molecular weight is 318 g/mol. The van der Waals surface area contributed by atoms with Gasteiger partial charge in [0.05, 0.1) is 6.10 Å². The lowest BCUT2D eigenvalue weighted by molar-refractivity contribution is 0.173. The molecule has 0 saturated carbocycles. The zero-order valence-electron chi connectivity index (χ0n) is 12.9. The van der Waals surface area contributed by atoms with Gasteiger partial charge in [-0.3, -0.25) is 0 Å². The molecule has 0 spiro atoms. The molecule has 22 heavy (non-hydrogen) atoms. The van der Waals surface area contributed by atoms with Crippen LogP contribution in [0.1, 0.15) is 31.1 Å². The maximum Gasteiger partial charge on any atom is 0.314 e. The standard InChI is InChI=1S/C17H22N2O2S/c1-17(2,14-6-4-3-5-7-14)12-19-16(21)18-10-15(20)13-8-9-22-11-13/h3-9,11,15,20H,10,12H2,1-2H3,(H2,18,19,21). The van der Waals surface area contributed by atoms with E-state index in [1.165, 1.54) is 16.9 Å². The molecule has 1 aromatic heterocycles. The molecule has 1 unspecified atom stereocenters. The molecule has 2 rings (SSSR count). The van der Waals surface area contributed by atoms with Crippen LogP contribution in [0.15, 0.2) is 47.2 Å². The molecule has 0 fully saturated rings. The summed E-state index contributed by atoms with van der Waals surface area (Å²) in [6.07, 6.45) is -0.667. The lowest BCUT2D eigenvalue weighted by Crippen LogP contribution is -2.43. The van der Waals surface area contributed by atoms with E-state index in [2.05, 4.69) is 36.6 Å². The fourth-order valence-corrected chi connectivity index (χ4v) is 2.83. The summed E-state index contributed by atoms with van der Waals surface area (Å²) < 4.78 is 0. The number of nitrogens with one attached hydrogen (secondary N) is 2. The second-order valence-corrected chi connectivity index (χ2v) is 6.67. The number of aliphatic hydroxyl groups excluding tert-OH is 1. The van der Waals surface area contributed by atoms with Crippen LogP contribution in [0.4, 0.5) is 4.79 Å². The fourth-order valence-electron chi connectivity index (χ4n) is 2.13. The number of thiophene rings is 1. The topological polar surface area (TPSA) is 61.4 Å². The van der Waals surface area contributed by atoms with E-state index in [0.717, 1.165) is 5.56 Å². The average Bonchev–Trinajstić information content (AvgIpc) is 3.06. The quantitative estimate of drug-likeness (QED) is 0.766. The molecule has 0 radical (unpaired) electrons. The first kappa shape index (κ1) is 16.5. The van der Waals surface area contributed by atoms with Gasteiger partial charge in [-0.2, -0.15) is 11.3 Å². The Balaban J connectivity index is 1.78. The van der Waals surface area contributed by atoms with Crippen LogP contribution in [0, 0.1) is 0 Å². The van der Waals surface area contributed by atoms with Crippen molar-refractivity contribution in [1.82, 2.24) is 10.6 Å². The summed E-state index contributed by atoms with van der Waals surface area (Å²) in [7, 11) is 0. The van der Waals surface area contributed by atoms with Crippen LogP contribution in [0.2, 0.25) is 0 Å². The van der Waals surface area contributed by atoms with E-state index in [1.807, 2.05) is 35.0 Å². The van der Waals surface area contributed by atoms with Crippen molar-refractivity contribution in [1.29, 1.82) is 0 Å². The third kappa shape index (κ3) is 4.58. The van der Waals surface area contributed by atoms with Crippen molar-refractivity contribution in [2.75, 3.05) is 13.1 Å². The summed E-state index contributed by atoms with van der Waals surface area (Å²) in [4.78, 5) is 11.9. The second kappa shape index (κ2) is 7.42. The van der Waals surface area contributed by atoms with Gasteiger partial charge in [-0.05, 0) is 28.0 Å². The first-order chi connectivity index (χ1) is 10.5. The maximum absolute atomic E-state index is 11.9. The van der Waals surface area contributed by atoms with E-state index in [0.29, 0.717) is 6.54 Å². The number of hydrogen-bond acceptors (Lipinski definition) is 3. The molecule has 1 heterocycles. The minimum Gasteiger partial charge on any atom is -0.387 e. The highest BCUT2D eigenvalue weighted by molar-refractivity contribution is 7.07. The molecule has 0 saturated heterocycles. The molecular weight excluding hydrogens is 296 g/mol. The minimum atomic E-state index is -0.667. The monoisotopic (exact) mass is 318 g/mol.